The SMILES string of the molecule is Cc1cc(F)cc(C)c1OCCCOc1c(C)cc(F)cc1C. The van der Waals surface area contributed by atoms with Crippen LogP contribution in [0.4, 0.5) is 8.78 Å². The van der Waals surface area contributed by atoms with Crippen molar-refractivity contribution in [2.45, 2.75) is 34.1 Å². The molecule has 23 heavy (non-hydrogen) atoms. The van der Waals surface area contributed by atoms with Crippen LogP contribution < -0.4 is 9.47 Å². The molecule has 0 bridgehead atoms. The van der Waals surface area contributed by atoms with Crippen molar-refractivity contribution < 1.29 is 18.3 Å². The molecule has 0 radical (unpaired) electrons. The molecule has 0 heterocycles. The molecule has 2 nitrogen and oxygen atoms in total. The van der Waals surface area contributed by atoms with Crippen LogP contribution in [0.15, 0.2) is 24.3 Å². The number of hydrogen-bond acceptors (Lipinski definition) is 2. The molecule has 0 amide bonds. The van der Waals surface area contributed by atoms with Gasteiger partial charge in [-0.05, 0) is 74.2 Å². The summed E-state index contributed by atoms with van der Waals surface area (Å²) in [7, 11) is 0. The molecule has 0 spiro atoms. The Morgan fingerprint density at radius 1 is 0.652 bits per heavy atom. The molecule has 0 fully saturated rings. The summed E-state index contributed by atoms with van der Waals surface area (Å²) in [4.78, 5) is 0. The van der Waals surface area contributed by atoms with Gasteiger partial charge in [-0.1, -0.05) is 0 Å². The zero-order chi connectivity index (χ0) is 17.0. The zero-order valence-electron chi connectivity index (χ0n) is 14.0. The second-order valence-corrected chi connectivity index (χ2v) is 5.79. The molecular formula is C19H22F2O2. The van der Waals surface area contributed by atoms with E-state index in [2.05, 4.69) is 0 Å². The molecule has 0 aromatic heterocycles. The van der Waals surface area contributed by atoms with Gasteiger partial charge >= 0.3 is 0 Å². The van der Waals surface area contributed by atoms with E-state index < -0.39 is 0 Å². The summed E-state index contributed by atoms with van der Waals surface area (Å²) in [6.07, 6.45) is 0.687. The van der Waals surface area contributed by atoms with E-state index in [-0.39, 0.29) is 11.6 Å². The van der Waals surface area contributed by atoms with E-state index in [1.165, 1.54) is 24.3 Å². The van der Waals surface area contributed by atoms with E-state index in [1.54, 1.807) is 0 Å². The smallest absolute Gasteiger partial charge is 0.125 e. The van der Waals surface area contributed by atoms with Gasteiger partial charge < -0.3 is 9.47 Å². The number of hydrogen-bond donors (Lipinski definition) is 0. The lowest BCUT2D eigenvalue weighted by atomic mass is 10.1. The molecular weight excluding hydrogens is 298 g/mol. The van der Waals surface area contributed by atoms with Crippen molar-refractivity contribution >= 4 is 0 Å². The van der Waals surface area contributed by atoms with Crippen LogP contribution in [0.1, 0.15) is 28.7 Å². The van der Waals surface area contributed by atoms with E-state index in [0.29, 0.717) is 19.6 Å². The molecule has 4 heteroatoms. The molecule has 2 rings (SSSR count). The minimum atomic E-state index is -0.252. The van der Waals surface area contributed by atoms with E-state index in [0.717, 1.165) is 33.8 Å². The topological polar surface area (TPSA) is 18.5 Å². The molecule has 0 saturated carbocycles. The van der Waals surface area contributed by atoms with E-state index in [1.807, 2.05) is 27.7 Å². The van der Waals surface area contributed by atoms with Crippen LogP contribution in [0.2, 0.25) is 0 Å². The second kappa shape index (κ2) is 7.44. The van der Waals surface area contributed by atoms with Gasteiger partial charge in [-0.25, -0.2) is 8.78 Å². The maximum absolute atomic E-state index is 13.2. The predicted octanol–water partition coefficient (Wildman–Crippen LogP) is 5.05. The Hall–Kier alpha value is -2.10. The van der Waals surface area contributed by atoms with Gasteiger partial charge in [0.2, 0.25) is 0 Å². The molecule has 0 saturated heterocycles. The summed E-state index contributed by atoms with van der Waals surface area (Å²) in [6.45, 7) is 8.26. The number of benzene rings is 2. The molecule has 2 aromatic rings. The maximum Gasteiger partial charge on any atom is 0.125 e. The Morgan fingerprint density at radius 3 is 1.26 bits per heavy atom. The number of ether oxygens (including phenoxy) is 2. The Morgan fingerprint density at radius 2 is 0.957 bits per heavy atom. The number of rotatable bonds is 6. The minimum absolute atomic E-state index is 0.252. The van der Waals surface area contributed by atoms with Gasteiger partial charge in [0, 0.05) is 6.42 Å². The van der Waals surface area contributed by atoms with Crippen LogP contribution in [0.3, 0.4) is 0 Å². The molecule has 124 valence electrons. The van der Waals surface area contributed by atoms with Crippen molar-refractivity contribution in [3.05, 3.63) is 58.2 Å². The highest BCUT2D eigenvalue weighted by molar-refractivity contribution is 5.41. The lowest BCUT2D eigenvalue weighted by Gasteiger charge is -2.14. The summed E-state index contributed by atoms with van der Waals surface area (Å²) < 4.78 is 37.9. The summed E-state index contributed by atoms with van der Waals surface area (Å²) in [5, 5.41) is 0. The van der Waals surface area contributed by atoms with Gasteiger partial charge in [0.05, 0.1) is 13.2 Å². The number of halogens is 2. The Bertz CT molecular complexity index is 590. The Labute approximate surface area is 136 Å². The van der Waals surface area contributed by atoms with E-state index >= 15 is 0 Å². The maximum atomic E-state index is 13.2. The average molecular weight is 320 g/mol. The molecule has 0 aliphatic heterocycles. The van der Waals surface area contributed by atoms with Crippen LogP contribution in [-0.2, 0) is 0 Å². The van der Waals surface area contributed by atoms with Crippen LogP contribution in [0.5, 0.6) is 11.5 Å². The highest BCUT2D eigenvalue weighted by Crippen LogP contribution is 2.25. The second-order valence-electron chi connectivity index (χ2n) is 5.79. The lowest BCUT2D eigenvalue weighted by Crippen LogP contribution is -2.08. The number of aryl methyl sites for hydroxylation is 4. The highest BCUT2D eigenvalue weighted by Gasteiger charge is 2.08. The van der Waals surface area contributed by atoms with Gasteiger partial charge in [-0.15, -0.1) is 0 Å². The van der Waals surface area contributed by atoms with Gasteiger partial charge in [-0.2, -0.15) is 0 Å². The molecule has 2 aromatic carbocycles. The molecule has 0 aliphatic carbocycles. The van der Waals surface area contributed by atoms with Crippen molar-refractivity contribution in [1.29, 1.82) is 0 Å². The minimum Gasteiger partial charge on any atom is -0.493 e. The normalized spacial score (nSPS) is 10.7. The van der Waals surface area contributed by atoms with Gasteiger partial charge in [-0.3, -0.25) is 0 Å². The monoisotopic (exact) mass is 320 g/mol. The zero-order valence-corrected chi connectivity index (χ0v) is 14.0. The first-order valence-corrected chi connectivity index (χ1v) is 7.67. The summed E-state index contributed by atoms with van der Waals surface area (Å²) >= 11 is 0. The van der Waals surface area contributed by atoms with Crippen LogP contribution in [0, 0.1) is 39.3 Å². The van der Waals surface area contributed by atoms with Crippen LogP contribution in [-0.4, -0.2) is 13.2 Å². The third-order valence-corrected chi connectivity index (χ3v) is 3.63. The highest BCUT2D eigenvalue weighted by atomic mass is 19.1. The van der Waals surface area contributed by atoms with Gasteiger partial charge in [0.25, 0.3) is 0 Å². The molecule has 0 N–H and O–H groups in total. The fourth-order valence-corrected chi connectivity index (χ4v) is 2.66. The van der Waals surface area contributed by atoms with Crippen molar-refractivity contribution in [2.24, 2.45) is 0 Å². The van der Waals surface area contributed by atoms with Gasteiger partial charge in [0.1, 0.15) is 23.1 Å². The van der Waals surface area contributed by atoms with Crippen molar-refractivity contribution in [3.8, 4) is 11.5 Å². The fraction of sp³-hybridized carbons (Fsp3) is 0.368. The first-order chi connectivity index (χ1) is 10.9. The fourth-order valence-electron chi connectivity index (χ4n) is 2.66. The summed E-state index contributed by atoms with van der Waals surface area (Å²) in [5.41, 5.74) is 3.14. The van der Waals surface area contributed by atoms with Crippen molar-refractivity contribution in [2.75, 3.05) is 13.2 Å². The summed E-state index contributed by atoms with van der Waals surface area (Å²) in [5.74, 6) is 0.942. The first-order valence-electron chi connectivity index (χ1n) is 7.67. The van der Waals surface area contributed by atoms with Crippen LogP contribution >= 0.6 is 0 Å². The quantitative estimate of drug-likeness (QED) is 0.694. The largest absolute Gasteiger partial charge is 0.493 e. The van der Waals surface area contributed by atoms with E-state index in [4.69, 9.17) is 9.47 Å². The summed E-state index contributed by atoms with van der Waals surface area (Å²) in [6, 6.07) is 5.85. The molecule has 0 atom stereocenters. The van der Waals surface area contributed by atoms with Gasteiger partial charge in [0.15, 0.2) is 0 Å². The van der Waals surface area contributed by atoms with Crippen molar-refractivity contribution in [3.63, 3.8) is 0 Å². The third kappa shape index (κ3) is 4.44. The van der Waals surface area contributed by atoms with Crippen molar-refractivity contribution in [1.82, 2.24) is 0 Å². The van der Waals surface area contributed by atoms with Crippen LogP contribution in [0.25, 0.3) is 0 Å². The molecule has 0 aliphatic rings. The Balaban J connectivity index is 1.85. The van der Waals surface area contributed by atoms with E-state index in [9.17, 15) is 8.78 Å². The third-order valence-electron chi connectivity index (χ3n) is 3.63. The predicted molar refractivity (Wildman–Crippen MR) is 87.4 cm³/mol. The average Bonchev–Trinajstić information content (AvgIpc) is 2.42. The Kier molecular flexibility index (Phi) is 5.59. The standard InChI is InChI=1S/C19H22F2O2/c1-12-8-16(20)9-13(2)18(12)22-6-5-7-23-19-14(3)10-17(21)11-15(19)4/h8-11H,5-7H2,1-4H3. The lowest BCUT2D eigenvalue weighted by molar-refractivity contribution is 0.243. The first kappa shape index (κ1) is 17.3. The molecule has 0 unspecified atom stereocenters.